The first-order chi connectivity index (χ1) is 12.2. The van der Waals surface area contributed by atoms with E-state index in [1.807, 2.05) is 0 Å². The predicted molar refractivity (Wildman–Crippen MR) is 102 cm³/mol. The van der Waals surface area contributed by atoms with Gasteiger partial charge in [0.25, 0.3) is 0 Å². The van der Waals surface area contributed by atoms with Crippen LogP contribution in [0, 0.1) is 0 Å². The van der Waals surface area contributed by atoms with Crippen LogP contribution in [0.3, 0.4) is 0 Å². The zero-order valence-corrected chi connectivity index (χ0v) is 16.5. The highest BCUT2D eigenvalue weighted by Crippen LogP contribution is 2.16. The van der Waals surface area contributed by atoms with Gasteiger partial charge in [0, 0.05) is 6.42 Å². The van der Waals surface area contributed by atoms with Gasteiger partial charge in [-0.05, 0) is 25.7 Å². The number of nitrogens with one attached hydrogen (secondary N) is 1. The minimum Gasteiger partial charge on any atom is -0.461 e. The number of carbonyl (C=O) groups is 2. The molecule has 0 spiro atoms. The normalized spacial score (nSPS) is 18.2. The van der Waals surface area contributed by atoms with E-state index in [1.54, 1.807) is 0 Å². The molecule has 0 aromatic carbocycles. The van der Waals surface area contributed by atoms with Gasteiger partial charge in [0.2, 0.25) is 5.91 Å². The van der Waals surface area contributed by atoms with Crippen molar-refractivity contribution in [2.45, 2.75) is 122 Å². The molecule has 1 aliphatic heterocycles. The smallest absolute Gasteiger partial charge is 0.328 e. The summed E-state index contributed by atoms with van der Waals surface area (Å²) in [7, 11) is 0. The molecule has 146 valence electrons. The molecule has 0 aliphatic carbocycles. The zero-order valence-electron chi connectivity index (χ0n) is 16.5. The molecule has 4 nitrogen and oxygen atoms in total. The maximum Gasteiger partial charge on any atom is 0.328 e. The van der Waals surface area contributed by atoms with Crippen LogP contribution in [0.25, 0.3) is 0 Å². The summed E-state index contributed by atoms with van der Waals surface area (Å²) in [6.45, 7) is 4.32. The van der Waals surface area contributed by atoms with Gasteiger partial charge >= 0.3 is 5.97 Å². The standard InChI is InChI=1S/C21H39NO3/c1-3-5-6-7-8-9-10-11-12-13-14-15-18(4-2)25-21(24)19-16-17-20(23)22-19/h18-19H,3-17H2,1-2H3,(H,22,23). The number of unbranched alkanes of at least 4 members (excludes halogenated alkanes) is 10. The van der Waals surface area contributed by atoms with Crippen molar-refractivity contribution in [2.24, 2.45) is 0 Å². The van der Waals surface area contributed by atoms with E-state index >= 15 is 0 Å². The van der Waals surface area contributed by atoms with Crippen molar-refractivity contribution in [2.75, 3.05) is 0 Å². The molecule has 4 heteroatoms. The van der Waals surface area contributed by atoms with E-state index in [9.17, 15) is 9.59 Å². The number of hydrogen-bond donors (Lipinski definition) is 1. The molecule has 1 rings (SSSR count). The molecule has 0 saturated carbocycles. The molecule has 25 heavy (non-hydrogen) atoms. The number of esters is 1. The minimum absolute atomic E-state index is 0.00330. The van der Waals surface area contributed by atoms with Crippen LogP contribution >= 0.6 is 0 Å². The molecule has 1 amide bonds. The summed E-state index contributed by atoms with van der Waals surface area (Å²) in [4.78, 5) is 23.2. The van der Waals surface area contributed by atoms with Gasteiger partial charge in [0.05, 0.1) is 0 Å². The lowest BCUT2D eigenvalue weighted by Gasteiger charge is -2.18. The van der Waals surface area contributed by atoms with Crippen LogP contribution in [0.1, 0.15) is 110 Å². The summed E-state index contributed by atoms with van der Waals surface area (Å²) in [5.74, 6) is -0.291. The zero-order chi connectivity index (χ0) is 18.3. The Bertz CT molecular complexity index is 370. The van der Waals surface area contributed by atoms with E-state index in [1.165, 1.54) is 64.2 Å². The second kappa shape index (κ2) is 14.1. The monoisotopic (exact) mass is 353 g/mol. The molecule has 1 aliphatic rings. The van der Waals surface area contributed by atoms with E-state index in [4.69, 9.17) is 4.74 Å². The largest absolute Gasteiger partial charge is 0.461 e. The highest BCUT2D eigenvalue weighted by Gasteiger charge is 2.29. The van der Waals surface area contributed by atoms with Crippen LogP contribution in [0.5, 0.6) is 0 Å². The van der Waals surface area contributed by atoms with Gasteiger partial charge in [-0.1, -0.05) is 78.1 Å². The molecule has 2 unspecified atom stereocenters. The van der Waals surface area contributed by atoms with Gasteiger partial charge in [-0.3, -0.25) is 4.79 Å². The van der Waals surface area contributed by atoms with Gasteiger partial charge in [-0.25, -0.2) is 4.79 Å². The third-order valence-corrected chi connectivity index (χ3v) is 5.15. The first-order valence-electron chi connectivity index (χ1n) is 10.7. The Morgan fingerprint density at radius 2 is 1.56 bits per heavy atom. The van der Waals surface area contributed by atoms with Crippen LogP contribution in [0.4, 0.5) is 0 Å². The maximum absolute atomic E-state index is 12.0. The fraction of sp³-hybridized carbons (Fsp3) is 0.905. The summed E-state index contributed by atoms with van der Waals surface area (Å²) in [5, 5.41) is 2.68. The Labute approximate surface area is 154 Å². The SMILES string of the molecule is CCCCCCCCCCCCCC(CC)OC(=O)C1CCC(=O)N1. The molecular weight excluding hydrogens is 314 g/mol. The molecule has 0 radical (unpaired) electrons. The van der Waals surface area contributed by atoms with Crippen molar-refractivity contribution in [3.63, 3.8) is 0 Å². The third-order valence-electron chi connectivity index (χ3n) is 5.15. The second-order valence-electron chi connectivity index (χ2n) is 7.45. The summed E-state index contributed by atoms with van der Waals surface area (Å²) in [5.41, 5.74) is 0. The summed E-state index contributed by atoms with van der Waals surface area (Å²) in [6.07, 6.45) is 17.4. The lowest BCUT2D eigenvalue weighted by atomic mass is 10.0. The van der Waals surface area contributed by atoms with E-state index in [0.29, 0.717) is 12.8 Å². The summed E-state index contributed by atoms with van der Waals surface area (Å²) < 4.78 is 5.57. The third kappa shape index (κ3) is 10.5. The first kappa shape index (κ1) is 22.0. The fourth-order valence-electron chi connectivity index (χ4n) is 3.42. The minimum atomic E-state index is -0.418. The van der Waals surface area contributed by atoms with Crippen molar-refractivity contribution < 1.29 is 14.3 Å². The number of amides is 1. The molecule has 1 saturated heterocycles. The topological polar surface area (TPSA) is 55.4 Å². The van der Waals surface area contributed by atoms with Gasteiger partial charge in [-0.2, -0.15) is 0 Å². The van der Waals surface area contributed by atoms with Crippen molar-refractivity contribution in [1.82, 2.24) is 5.32 Å². The molecular formula is C21H39NO3. The van der Waals surface area contributed by atoms with E-state index in [-0.39, 0.29) is 18.0 Å². The first-order valence-corrected chi connectivity index (χ1v) is 10.7. The highest BCUT2D eigenvalue weighted by molar-refractivity contribution is 5.88. The van der Waals surface area contributed by atoms with Crippen molar-refractivity contribution in [1.29, 1.82) is 0 Å². The number of hydrogen-bond acceptors (Lipinski definition) is 3. The molecule has 0 aromatic heterocycles. The Balaban J connectivity index is 1.96. The van der Waals surface area contributed by atoms with Gasteiger partial charge in [0.1, 0.15) is 12.1 Å². The van der Waals surface area contributed by atoms with Gasteiger partial charge in [-0.15, -0.1) is 0 Å². The van der Waals surface area contributed by atoms with Crippen molar-refractivity contribution in [3.05, 3.63) is 0 Å². The van der Waals surface area contributed by atoms with Crippen LogP contribution < -0.4 is 5.32 Å². The quantitative estimate of drug-likeness (QED) is 0.321. The lowest BCUT2D eigenvalue weighted by Crippen LogP contribution is -2.36. The molecule has 1 heterocycles. The maximum atomic E-state index is 12.0. The number of ether oxygens (including phenoxy) is 1. The predicted octanol–water partition coefficient (Wildman–Crippen LogP) is 5.29. The highest BCUT2D eigenvalue weighted by atomic mass is 16.5. The Morgan fingerprint density at radius 1 is 1.00 bits per heavy atom. The average molecular weight is 354 g/mol. The molecule has 2 atom stereocenters. The molecule has 1 fully saturated rings. The van der Waals surface area contributed by atoms with Crippen LogP contribution in [-0.2, 0) is 14.3 Å². The van der Waals surface area contributed by atoms with Crippen LogP contribution in [-0.4, -0.2) is 24.0 Å². The summed E-state index contributed by atoms with van der Waals surface area (Å²) >= 11 is 0. The molecule has 1 N–H and O–H groups in total. The fourth-order valence-corrected chi connectivity index (χ4v) is 3.42. The Morgan fingerprint density at radius 3 is 2.04 bits per heavy atom. The average Bonchev–Trinajstić information content (AvgIpc) is 3.05. The van der Waals surface area contributed by atoms with Crippen molar-refractivity contribution in [3.8, 4) is 0 Å². The molecule has 0 aromatic rings. The Hall–Kier alpha value is -1.06. The second-order valence-corrected chi connectivity index (χ2v) is 7.45. The van der Waals surface area contributed by atoms with Gasteiger partial charge < -0.3 is 10.1 Å². The number of carbonyl (C=O) groups excluding carboxylic acids is 2. The van der Waals surface area contributed by atoms with Crippen LogP contribution in [0.15, 0.2) is 0 Å². The van der Waals surface area contributed by atoms with E-state index in [0.717, 1.165) is 19.3 Å². The van der Waals surface area contributed by atoms with Crippen molar-refractivity contribution >= 4 is 11.9 Å². The Kier molecular flexibility index (Phi) is 12.4. The number of rotatable bonds is 15. The molecule has 0 bridgehead atoms. The van der Waals surface area contributed by atoms with Gasteiger partial charge in [0.15, 0.2) is 0 Å². The lowest BCUT2D eigenvalue weighted by molar-refractivity contribution is -0.152. The summed E-state index contributed by atoms with van der Waals surface area (Å²) in [6, 6.07) is -0.418. The van der Waals surface area contributed by atoms with E-state index in [2.05, 4.69) is 19.2 Å². The van der Waals surface area contributed by atoms with E-state index < -0.39 is 6.04 Å². The van der Waals surface area contributed by atoms with Crippen LogP contribution in [0.2, 0.25) is 0 Å².